The van der Waals surface area contributed by atoms with Crippen molar-refractivity contribution in [3.63, 3.8) is 0 Å². The average molecular weight is 324 g/mol. The molecule has 0 saturated heterocycles. The molecule has 3 rings (SSSR count). The van der Waals surface area contributed by atoms with Crippen LogP contribution in [-0.2, 0) is 0 Å². The third-order valence-electron chi connectivity index (χ3n) is 3.46. The van der Waals surface area contributed by atoms with E-state index in [0.717, 1.165) is 22.1 Å². The van der Waals surface area contributed by atoms with E-state index < -0.39 is 7.92 Å². The molecule has 3 aromatic rings. The number of hydrogen-bond acceptors (Lipinski definition) is 4. The van der Waals surface area contributed by atoms with Crippen LogP contribution in [0.15, 0.2) is 67.3 Å². The summed E-state index contributed by atoms with van der Waals surface area (Å²) >= 11 is 0. The highest BCUT2D eigenvalue weighted by molar-refractivity contribution is 7.80. The fourth-order valence-corrected chi connectivity index (χ4v) is 4.87. The fraction of sp³-hybridized carbons (Fsp3) is 0.111. The molecule has 0 aliphatic rings. The van der Waals surface area contributed by atoms with Crippen LogP contribution in [0.1, 0.15) is 0 Å². The third kappa shape index (κ3) is 3.17. The fourth-order valence-electron chi connectivity index (χ4n) is 2.41. The van der Waals surface area contributed by atoms with Gasteiger partial charge in [-0.1, -0.05) is 30.3 Å². The van der Waals surface area contributed by atoms with E-state index >= 15 is 0 Å². The molecular formula is C18H17N2O2P. The quantitative estimate of drug-likeness (QED) is 0.675. The molecule has 0 N–H and O–H groups in total. The van der Waals surface area contributed by atoms with Crippen molar-refractivity contribution in [2.24, 2.45) is 0 Å². The number of pyridine rings is 2. The number of nitrogens with zero attached hydrogens (tertiary/aromatic N) is 2. The van der Waals surface area contributed by atoms with Crippen molar-refractivity contribution >= 4 is 23.8 Å². The van der Waals surface area contributed by atoms with E-state index in [1.165, 1.54) is 5.30 Å². The van der Waals surface area contributed by atoms with Crippen molar-refractivity contribution in [3.8, 4) is 11.5 Å². The standard InChI is InChI=1S/C18H17N2O2P/c1-21-15-12-19-10-8-17(15)23(14-6-4-3-5-7-14)18-9-11-20-13-16(18)22-2/h3-13H,1-2H3. The second kappa shape index (κ2) is 7.21. The highest BCUT2D eigenvalue weighted by Gasteiger charge is 2.23. The smallest absolute Gasteiger partial charge is 0.145 e. The summed E-state index contributed by atoms with van der Waals surface area (Å²) in [7, 11) is 2.51. The second-order valence-electron chi connectivity index (χ2n) is 4.77. The zero-order chi connectivity index (χ0) is 16.1. The van der Waals surface area contributed by atoms with Gasteiger partial charge >= 0.3 is 0 Å². The summed E-state index contributed by atoms with van der Waals surface area (Å²) in [5, 5.41) is 3.43. The molecular weight excluding hydrogens is 307 g/mol. The van der Waals surface area contributed by atoms with Gasteiger partial charge < -0.3 is 9.47 Å². The molecule has 0 aliphatic heterocycles. The molecule has 0 unspecified atom stereocenters. The van der Waals surface area contributed by atoms with Gasteiger partial charge in [0.2, 0.25) is 0 Å². The minimum absolute atomic E-state index is 0.779. The molecule has 4 nitrogen and oxygen atoms in total. The molecule has 2 heterocycles. The summed E-state index contributed by atoms with van der Waals surface area (Å²) in [5.41, 5.74) is 0. The molecule has 0 saturated carbocycles. The van der Waals surface area contributed by atoms with Crippen LogP contribution in [0.2, 0.25) is 0 Å². The number of aromatic nitrogens is 2. The van der Waals surface area contributed by atoms with Crippen molar-refractivity contribution in [3.05, 3.63) is 67.3 Å². The Balaban J connectivity index is 2.23. The van der Waals surface area contributed by atoms with Crippen LogP contribution in [0.25, 0.3) is 0 Å². The third-order valence-corrected chi connectivity index (χ3v) is 5.98. The first-order chi connectivity index (χ1) is 11.3. The van der Waals surface area contributed by atoms with Gasteiger partial charge in [-0.2, -0.15) is 0 Å². The largest absolute Gasteiger partial charge is 0.494 e. The molecule has 0 aliphatic carbocycles. The molecule has 116 valence electrons. The predicted molar refractivity (Wildman–Crippen MR) is 93.8 cm³/mol. The average Bonchev–Trinajstić information content (AvgIpc) is 2.64. The molecule has 5 heteroatoms. The van der Waals surface area contributed by atoms with Gasteiger partial charge in [-0.15, -0.1) is 0 Å². The zero-order valence-corrected chi connectivity index (χ0v) is 13.9. The molecule has 23 heavy (non-hydrogen) atoms. The maximum Gasteiger partial charge on any atom is 0.145 e. The Morgan fingerprint density at radius 2 is 1.26 bits per heavy atom. The second-order valence-corrected chi connectivity index (χ2v) is 6.92. The van der Waals surface area contributed by atoms with E-state index in [9.17, 15) is 0 Å². The van der Waals surface area contributed by atoms with E-state index in [-0.39, 0.29) is 0 Å². The Hall–Kier alpha value is -2.45. The Morgan fingerprint density at radius 1 is 0.739 bits per heavy atom. The number of ether oxygens (including phenoxy) is 2. The topological polar surface area (TPSA) is 44.2 Å². The van der Waals surface area contributed by atoms with Gasteiger partial charge in [-0.05, 0) is 25.4 Å². The lowest BCUT2D eigenvalue weighted by Gasteiger charge is -2.22. The molecule has 0 bridgehead atoms. The van der Waals surface area contributed by atoms with E-state index in [1.54, 1.807) is 39.0 Å². The SMILES string of the molecule is COc1cnccc1P(c1ccccc1)c1ccncc1OC. The van der Waals surface area contributed by atoms with Crippen LogP contribution in [0.3, 0.4) is 0 Å². The van der Waals surface area contributed by atoms with Gasteiger partial charge in [-0.25, -0.2) is 0 Å². The van der Waals surface area contributed by atoms with Gasteiger partial charge in [0.1, 0.15) is 11.5 Å². The van der Waals surface area contributed by atoms with Gasteiger partial charge in [0, 0.05) is 23.0 Å². The van der Waals surface area contributed by atoms with E-state index in [0.29, 0.717) is 0 Å². The van der Waals surface area contributed by atoms with Gasteiger partial charge in [-0.3, -0.25) is 9.97 Å². The lowest BCUT2D eigenvalue weighted by Crippen LogP contribution is -2.23. The number of hydrogen-bond donors (Lipinski definition) is 0. The Morgan fingerprint density at radius 3 is 1.74 bits per heavy atom. The van der Waals surface area contributed by atoms with Crippen LogP contribution in [0.4, 0.5) is 0 Å². The highest BCUT2D eigenvalue weighted by atomic mass is 31.1. The van der Waals surface area contributed by atoms with Crippen LogP contribution >= 0.6 is 7.92 Å². The minimum Gasteiger partial charge on any atom is -0.494 e. The van der Waals surface area contributed by atoms with Crippen LogP contribution in [-0.4, -0.2) is 24.2 Å². The van der Waals surface area contributed by atoms with Crippen molar-refractivity contribution < 1.29 is 9.47 Å². The van der Waals surface area contributed by atoms with Gasteiger partial charge in [0.15, 0.2) is 0 Å². The number of benzene rings is 1. The summed E-state index contributed by atoms with van der Waals surface area (Å²) in [5.74, 6) is 1.56. The van der Waals surface area contributed by atoms with E-state index in [4.69, 9.17) is 9.47 Å². The molecule has 0 atom stereocenters. The molecule has 0 fully saturated rings. The summed E-state index contributed by atoms with van der Waals surface area (Å²) in [6.45, 7) is 0. The number of methoxy groups -OCH3 is 2. The molecule has 0 spiro atoms. The predicted octanol–water partition coefficient (Wildman–Crippen LogP) is 2.25. The molecule has 2 aromatic heterocycles. The monoisotopic (exact) mass is 324 g/mol. The normalized spacial score (nSPS) is 10.6. The maximum atomic E-state index is 5.54. The summed E-state index contributed by atoms with van der Waals surface area (Å²) in [6.07, 6.45) is 7.09. The lowest BCUT2D eigenvalue weighted by atomic mass is 10.4. The first kappa shape index (κ1) is 15.4. The Kier molecular flexibility index (Phi) is 4.84. The van der Waals surface area contributed by atoms with E-state index in [1.807, 2.05) is 30.3 Å². The minimum atomic E-state index is -0.829. The summed E-state index contributed by atoms with van der Waals surface area (Å²) in [4.78, 5) is 8.34. The van der Waals surface area contributed by atoms with E-state index in [2.05, 4.69) is 22.1 Å². The highest BCUT2D eigenvalue weighted by Crippen LogP contribution is 2.38. The zero-order valence-electron chi connectivity index (χ0n) is 13.0. The maximum absolute atomic E-state index is 5.54. The van der Waals surface area contributed by atoms with Crippen LogP contribution < -0.4 is 25.4 Å². The molecule has 0 radical (unpaired) electrons. The van der Waals surface area contributed by atoms with Gasteiger partial charge in [0.25, 0.3) is 0 Å². The first-order valence-electron chi connectivity index (χ1n) is 7.16. The number of rotatable bonds is 5. The molecule has 1 aromatic carbocycles. The van der Waals surface area contributed by atoms with Gasteiger partial charge in [0.05, 0.1) is 26.6 Å². The first-order valence-corrected chi connectivity index (χ1v) is 8.50. The Bertz CT molecular complexity index is 733. The van der Waals surface area contributed by atoms with Crippen molar-refractivity contribution in [1.82, 2.24) is 9.97 Å². The Labute approximate surface area is 136 Å². The molecule has 0 amide bonds. The summed E-state index contributed by atoms with van der Waals surface area (Å²) < 4.78 is 11.1. The van der Waals surface area contributed by atoms with Crippen molar-refractivity contribution in [2.45, 2.75) is 0 Å². The van der Waals surface area contributed by atoms with Crippen LogP contribution in [0.5, 0.6) is 11.5 Å². The van der Waals surface area contributed by atoms with Crippen molar-refractivity contribution in [2.75, 3.05) is 14.2 Å². The van der Waals surface area contributed by atoms with Crippen LogP contribution in [0, 0.1) is 0 Å². The van der Waals surface area contributed by atoms with Crippen molar-refractivity contribution in [1.29, 1.82) is 0 Å². The summed E-state index contributed by atoms with van der Waals surface area (Å²) in [6, 6.07) is 14.4. The lowest BCUT2D eigenvalue weighted by molar-refractivity contribution is 0.415.